The smallest absolute Gasteiger partial charge is 0.101 e. The fourth-order valence-corrected chi connectivity index (χ4v) is 1.76. The van der Waals surface area contributed by atoms with Gasteiger partial charge in [-0.25, -0.2) is 0 Å². The predicted molar refractivity (Wildman–Crippen MR) is 57.4 cm³/mol. The fourth-order valence-electron chi connectivity index (χ4n) is 1.23. The van der Waals surface area contributed by atoms with Crippen LogP contribution >= 0.6 is 11.6 Å². The van der Waals surface area contributed by atoms with E-state index in [2.05, 4.69) is 11.1 Å². The van der Waals surface area contributed by atoms with Crippen molar-refractivity contribution in [2.45, 2.75) is 33.1 Å². The van der Waals surface area contributed by atoms with Crippen LogP contribution in [0.2, 0.25) is 5.02 Å². The summed E-state index contributed by atoms with van der Waals surface area (Å²) in [6.45, 7) is 7.91. The van der Waals surface area contributed by atoms with Gasteiger partial charge in [0, 0.05) is 11.6 Å². The summed E-state index contributed by atoms with van der Waals surface area (Å²) in [5, 5.41) is 9.41. The van der Waals surface area contributed by atoms with Gasteiger partial charge in [-0.3, -0.25) is 4.98 Å². The largest absolute Gasteiger partial charge is 0.259 e. The standard InChI is InChI=1S/C11H13ClN2/c1-7-6-14-10(11(2,3)4)9(12)8(7)5-13/h6H,1-4H3. The van der Waals surface area contributed by atoms with Crippen LogP contribution in [0, 0.1) is 18.3 Å². The molecule has 0 aliphatic heterocycles. The number of nitrogens with zero attached hydrogens (tertiary/aromatic N) is 2. The Bertz CT molecular complexity index is 397. The molecule has 1 heterocycles. The van der Waals surface area contributed by atoms with Crippen molar-refractivity contribution in [3.63, 3.8) is 0 Å². The quantitative estimate of drug-likeness (QED) is 0.657. The summed E-state index contributed by atoms with van der Waals surface area (Å²) in [6.07, 6.45) is 1.70. The SMILES string of the molecule is Cc1cnc(C(C)(C)C)c(Cl)c1C#N. The van der Waals surface area contributed by atoms with Crippen molar-refractivity contribution in [2.24, 2.45) is 0 Å². The van der Waals surface area contributed by atoms with Crippen molar-refractivity contribution < 1.29 is 0 Å². The van der Waals surface area contributed by atoms with E-state index in [1.807, 2.05) is 27.7 Å². The first-order chi connectivity index (χ1) is 6.38. The van der Waals surface area contributed by atoms with Gasteiger partial charge in [0.2, 0.25) is 0 Å². The number of aryl methyl sites for hydroxylation is 1. The molecule has 1 rings (SSSR count). The number of aromatic nitrogens is 1. The molecule has 0 aromatic carbocycles. The average Bonchev–Trinajstić information content (AvgIpc) is 2.02. The minimum atomic E-state index is -0.129. The highest BCUT2D eigenvalue weighted by atomic mass is 35.5. The highest BCUT2D eigenvalue weighted by molar-refractivity contribution is 6.32. The molecule has 14 heavy (non-hydrogen) atoms. The van der Waals surface area contributed by atoms with E-state index in [1.54, 1.807) is 6.20 Å². The first kappa shape index (κ1) is 11.0. The number of rotatable bonds is 0. The van der Waals surface area contributed by atoms with Crippen molar-refractivity contribution >= 4 is 11.6 Å². The summed E-state index contributed by atoms with van der Waals surface area (Å²) in [5.41, 5.74) is 2.01. The first-order valence-corrected chi connectivity index (χ1v) is 4.81. The van der Waals surface area contributed by atoms with E-state index in [9.17, 15) is 0 Å². The topological polar surface area (TPSA) is 36.7 Å². The van der Waals surface area contributed by atoms with Gasteiger partial charge in [0.25, 0.3) is 0 Å². The molecule has 0 atom stereocenters. The van der Waals surface area contributed by atoms with Crippen molar-refractivity contribution in [3.05, 3.63) is 28.0 Å². The van der Waals surface area contributed by atoms with Crippen LogP contribution < -0.4 is 0 Å². The Labute approximate surface area is 89.5 Å². The normalized spacial score (nSPS) is 11.1. The van der Waals surface area contributed by atoms with Crippen LogP contribution in [0.3, 0.4) is 0 Å². The van der Waals surface area contributed by atoms with Gasteiger partial charge in [0.05, 0.1) is 16.3 Å². The zero-order valence-corrected chi connectivity index (χ0v) is 9.61. The molecule has 1 aromatic heterocycles. The Kier molecular flexibility index (Phi) is 2.82. The minimum absolute atomic E-state index is 0.129. The van der Waals surface area contributed by atoms with Crippen LogP contribution in [0.4, 0.5) is 0 Å². The molecule has 0 amide bonds. The van der Waals surface area contributed by atoms with Gasteiger partial charge in [-0.05, 0) is 12.5 Å². The molecule has 0 aliphatic carbocycles. The fraction of sp³-hybridized carbons (Fsp3) is 0.455. The minimum Gasteiger partial charge on any atom is -0.259 e. The molecular weight excluding hydrogens is 196 g/mol. The molecule has 0 N–H and O–H groups in total. The molecule has 2 nitrogen and oxygen atoms in total. The number of hydrogen-bond acceptors (Lipinski definition) is 2. The first-order valence-electron chi connectivity index (χ1n) is 4.43. The highest BCUT2D eigenvalue weighted by Crippen LogP contribution is 2.30. The van der Waals surface area contributed by atoms with Crippen molar-refractivity contribution in [3.8, 4) is 6.07 Å². The molecule has 1 aromatic rings. The van der Waals surface area contributed by atoms with E-state index in [1.165, 1.54) is 0 Å². The van der Waals surface area contributed by atoms with Crippen LogP contribution in [0.5, 0.6) is 0 Å². The Balaban J connectivity index is 3.46. The van der Waals surface area contributed by atoms with Gasteiger partial charge in [0.15, 0.2) is 0 Å². The summed E-state index contributed by atoms with van der Waals surface area (Å²) in [4.78, 5) is 4.27. The molecule has 0 fully saturated rings. The zero-order chi connectivity index (χ0) is 10.9. The number of hydrogen-bond donors (Lipinski definition) is 0. The number of nitriles is 1. The van der Waals surface area contributed by atoms with Crippen molar-refractivity contribution in [1.29, 1.82) is 5.26 Å². The molecule has 0 saturated carbocycles. The Morgan fingerprint density at radius 3 is 2.43 bits per heavy atom. The van der Waals surface area contributed by atoms with Crippen molar-refractivity contribution in [1.82, 2.24) is 4.98 Å². The van der Waals surface area contributed by atoms with Gasteiger partial charge >= 0.3 is 0 Å². The lowest BCUT2D eigenvalue weighted by Gasteiger charge is -2.19. The van der Waals surface area contributed by atoms with Crippen LogP contribution in [0.1, 0.15) is 37.6 Å². The van der Waals surface area contributed by atoms with E-state index >= 15 is 0 Å². The van der Waals surface area contributed by atoms with Crippen LogP contribution in [-0.2, 0) is 5.41 Å². The Hall–Kier alpha value is -1.07. The lowest BCUT2D eigenvalue weighted by molar-refractivity contribution is 0.568. The molecule has 0 bridgehead atoms. The van der Waals surface area contributed by atoms with Gasteiger partial charge in [-0.15, -0.1) is 0 Å². The lowest BCUT2D eigenvalue weighted by Crippen LogP contribution is -2.15. The Morgan fingerprint density at radius 2 is 2.00 bits per heavy atom. The third kappa shape index (κ3) is 1.88. The molecule has 0 spiro atoms. The van der Waals surface area contributed by atoms with E-state index in [4.69, 9.17) is 16.9 Å². The maximum atomic E-state index is 8.93. The van der Waals surface area contributed by atoms with E-state index in [-0.39, 0.29) is 5.41 Å². The lowest BCUT2D eigenvalue weighted by atomic mass is 9.90. The summed E-state index contributed by atoms with van der Waals surface area (Å²) in [7, 11) is 0. The summed E-state index contributed by atoms with van der Waals surface area (Å²) < 4.78 is 0. The predicted octanol–water partition coefficient (Wildman–Crippen LogP) is 3.21. The zero-order valence-electron chi connectivity index (χ0n) is 8.85. The van der Waals surface area contributed by atoms with Crippen molar-refractivity contribution in [2.75, 3.05) is 0 Å². The maximum Gasteiger partial charge on any atom is 0.101 e. The van der Waals surface area contributed by atoms with Gasteiger partial charge in [0.1, 0.15) is 6.07 Å². The molecule has 0 radical (unpaired) electrons. The van der Waals surface area contributed by atoms with Crippen LogP contribution in [-0.4, -0.2) is 4.98 Å². The molecule has 0 saturated heterocycles. The summed E-state index contributed by atoms with van der Waals surface area (Å²) >= 11 is 6.11. The maximum absolute atomic E-state index is 8.93. The van der Waals surface area contributed by atoms with E-state index in [0.29, 0.717) is 10.6 Å². The monoisotopic (exact) mass is 208 g/mol. The Morgan fingerprint density at radius 1 is 1.43 bits per heavy atom. The second-order valence-electron chi connectivity index (χ2n) is 4.34. The average molecular weight is 209 g/mol. The summed E-state index contributed by atoms with van der Waals surface area (Å²) in [5.74, 6) is 0. The van der Waals surface area contributed by atoms with Gasteiger partial charge < -0.3 is 0 Å². The number of pyridine rings is 1. The summed E-state index contributed by atoms with van der Waals surface area (Å²) in [6, 6.07) is 2.10. The third-order valence-corrected chi connectivity index (χ3v) is 2.40. The van der Waals surface area contributed by atoms with Crippen LogP contribution in [0.25, 0.3) is 0 Å². The molecule has 74 valence electrons. The second-order valence-corrected chi connectivity index (χ2v) is 4.72. The second kappa shape index (κ2) is 3.59. The highest BCUT2D eigenvalue weighted by Gasteiger charge is 2.21. The van der Waals surface area contributed by atoms with E-state index < -0.39 is 0 Å². The molecule has 0 aliphatic rings. The van der Waals surface area contributed by atoms with Gasteiger partial charge in [-0.2, -0.15) is 5.26 Å². The third-order valence-electron chi connectivity index (χ3n) is 2.03. The van der Waals surface area contributed by atoms with Crippen LogP contribution in [0.15, 0.2) is 6.20 Å². The van der Waals surface area contributed by atoms with Gasteiger partial charge in [-0.1, -0.05) is 32.4 Å². The molecular formula is C11H13ClN2. The molecule has 0 unspecified atom stereocenters. The molecule has 3 heteroatoms. The van der Waals surface area contributed by atoms with E-state index in [0.717, 1.165) is 11.3 Å². The number of halogens is 1.